The van der Waals surface area contributed by atoms with Crippen LogP contribution < -0.4 is 0 Å². The van der Waals surface area contributed by atoms with Crippen LogP contribution in [0.15, 0.2) is 479 Å². The molecule has 0 atom stereocenters. The molecule has 0 aliphatic heterocycles. The molecule has 0 spiro atoms. The van der Waals surface area contributed by atoms with E-state index >= 15 is 0 Å². The number of benzene rings is 18. The lowest BCUT2D eigenvalue weighted by Gasteiger charge is -2.17. The Kier molecular flexibility index (Phi) is 21.9. The van der Waals surface area contributed by atoms with Gasteiger partial charge < -0.3 is 0 Å². The van der Waals surface area contributed by atoms with Crippen molar-refractivity contribution < 1.29 is 0 Å². The first-order chi connectivity index (χ1) is 59.9. The van der Waals surface area contributed by atoms with E-state index in [4.69, 9.17) is 26.6 Å². The van der Waals surface area contributed by atoms with Crippen molar-refractivity contribution in [3.63, 3.8) is 0 Å². The molecule has 0 saturated heterocycles. The minimum absolute atomic E-state index is 0.209. The highest BCUT2D eigenvalue weighted by Gasteiger charge is 2.21. The summed E-state index contributed by atoms with van der Waals surface area (Å²) >= 11 is 6.67. The summed E-state index contributed by atoms with van der Waals surface area (Å²) in [7, 11) is 0. The lowest BCUT2D eigenvalue weighted by molar-refractivity contribution is 1.18. The van der Waals surface area contributed by atoms with Crippen molar-refractivity contribution in [2.24, 2.45) is 0 Å². The maximum atomic E-state index is 6.67. The van der Waals surface area contributed by atoms with E-state index in [1.807, 2.05) is 48.5 Å². The second-order valence-electron chi connectivity index (χ2n) is 30.1. The zero-order valence-electron chi connectivity index (χ0n) is 66.3. The van der Waals surface area contributed by atoms with E-state index < -0.39 is 0 Å². The Morgan fingerprint density at radius 1 is 0.116 bits per heavy atom. The van der Waals surface area contributed by atoms with Gasteiger partial charge in [0.25, 0.3) is 0 Å². The summed E-state index contributed by atoms with van der Waals surface area (Å²) in [4.78, 5) is 20.0. The second-order valence-corrected chi connectivity index (χ2v) is 30.5. The highest BCUT2D eigenvalue weighted by atomic mass is 35.5. The average molecular weight is 1560 g/mol. The van der Waals surface area contributed by atoms with E-state index in [-0.39, 0.29) is 5.28 Å². The zero-order valence-corrected chi connectivity index (χ0v) is 67.0. The van der Waals surface area contributed by atoms with Gasteiger partial charge in [0.1, 0.15) is 0 Å². The predicted octanol–water partition coefficient (Wildman–Crippen LogP) is 31.6. The van der Waals surface area contributed by atoms with E-state index in [2.05, 4.69) is 436 Å². The van der Waals surface area contributed by atoms with Gasteiger partial charge in [0.2, 0.25) is 5.28 Å². The van der Waals surface area contributed by atoms with E-state index in [1.165, 1.54) is 94.6 Å². The molecule has 5 heteroatoms. The Balaban J connectivity index is 0.000000162. The number of aromatic nitrogens is 4. The van der Waals surface area contributed by atoms with Gasteiger partial charge in [-0.1, -0.05) is 406 Å². The molecule has 0 N–H and O–H groups in total. The fourth-order valence-electron chi connectivity index (χ4n) is 16.3. The van der Waals surface area contributed by atoms with E-state index in [0.717, 1.165) is 101 Å². The molecule has 0 amide bonds. The molecule has 0 fully saturated rings. The van der Waals surface area contributed by atoms with Gasteiger partial charge in [-0.3, -0.25) is 0 Å². The number of halogens is 1. The fourth-order valence-corrected chi connectivity index (χ4v) is 16.4. The molecule has 4 nitrogen and oxygen atoms in total. The van der Waals surface area contributed by atoms with Crippen LogP contribution >= 0.6 is 11.6 Å². The fraction of sp³-hybridized carbons (Fsp3) is 0. The van der Waals surface area contributed by atoms with Gasteiger partial charge in [0.05, 0.1) is 22.8 Å². The normalized spacial score (nSPS) is 11.0. The smallest absolute Gasteiger partial charge is 0.223 e. The molecule has 2 heterocycles. The summed E-state index contributed by atoms with van der Waals surface area (Å²) < 4.78 is 0. The van der Waals surface area contributed by atoms with Gasteiger partial charge in [0.15, 0.2) is 5.82 Å². The second kappa shape index (κ2) is 35.1. The Bertz CT molecular complexity index is 6690. The minimum atomic E-state index is 0.209. The van der Waals surface area contributed by atoms with Crippen molar-refractivity contribution in [3.8, 4) is 201 Å². The standard InChI is InChI=1S/C64H44N2.C52H35ClN2/c1-7-19-45(20-8-1)46-31-33-52(34-32-46)64-65-62(51-29-17-6-18-30-51)44-63(66-64)57-40-55(53-35-37-58(47-21-9-2-10-22-47)60(42-53)49-25-13-4-14-26-49)39-56(41-57)54-36-38-59(48-23-11-3-12-24-48)61(43-54)50-27-15-5-16-28-50;53-52-54-50(40-24-14-5-15-25-40)35-51(55-52)45-31-43(41-26-28-46(36-16-6-1-7-17-36)48(33-41)38-20-10-3-11-21-38)30-44(32-45)42-27-29-47(37-18-8-2-9-19-37)49(34-42)39-22-12-4-13-23-39/h1-44H;1-35H. The van der Waals surface area contributed by atoms with Gasteiger partial charge in [-0.15, -0.1) is 0 Å². The molecule has 20 aromatic rings. The summed E-state index contributed by atoms with van der Waals surface area (Å²) in [6.07, 6.45) is 0. The van der Waals surface area contributed by atoms with E-state index in [9.17, 15) is 0 Å². The van der Waals surface area contributed by atoms with Gasteiger partial charge in [-0.25, -0.2) is 19.9 Å². The number of hydrogen-bond acceptors (Lipinski definition) is 4. The van der Waals surface area contributed by atoms with Crippen LogP contribution in [0.4, 0.5) is 0 Å². The largest absolute Gasteiger partial charge is 0.228 e. The molecular weight excluding hydrogens is 1480 g/mol. The van der Waals surface area contributed by atoms with Crippen molar-refractivity contribution in [2.45, 2.75) is 0 Å². The maximum absolute atomic E-state index is 6.67. The van der Waals surface area contributed by atoms with Crippen LogP contribution in [0.5, 0.6) is 0 Å². The molecule has 0 aliphatic carbocycles. The van der Waals surface area contributed by atoms with Crippen molar-refractivity contribution in [1.82, 2.24) is 19.9 Å². The van der Waals surface area contributed by atoms with Crippen LogP contribution in [0, 0.1) is 0 Å². The monoisotopic (exact) mass is 1560 g/mol. The van der Waals surface area contributed by atoms with Gasteiger partial charge in [0, 0.05) is 27.8 Å². The molecule has 121 heavy (non-hydrogen) atoms. The van der Waals surface area contributed by atoms with Gasteiger partial charge >= 0.3 is 0 Å². The maximum Gasteiger partial charge on any atom is 0.223 e. The number of rotatable bonds is 18. The molecular formula is C116H79ClN4. The van der Waals surface area contributed by atoms with E-state index in [0.29, 0.717) is 5.82 Å². The molecule has 570 valence electrons. The SMILES string of the molecule is Clc1nc(-c2ccccc2)cc(-c2cc(-c3ccc(-c4ccccc4)c(-c4ccccc4)c3)cc(-c3ccc(-c4ccccc4)c(-c4ccccc4)c3)c2)n1.c1ccc(-c2ccc(-c3nc(-c4ccccc4)cc(-c4cc(-c5ccc(-c6ccccc6)c(-c6ccccc6)c5)cc(-c5ccc(-c6ccccc6)c(-c6ccccc6)c5)c4)n3)cc2)cc1. The summed E-state index contributed by atoms with van der Waals surface area (Å²) in [6.45, 7) is 0. The Morgan fingerprint density at radius 3 is 0.562 bits per heavy atom. The highest BCUT2D eigenvalue weighted by molar-refractivity contribution is 6.28. The quantitative estimate of drug-likeness (QED) is 0.0804. The Hall–Kier alpha value is -15.6. The average Bonchev–Trinajstić information content (AvgIpc) is 0.773. The molecule has 0 aliphatic rings. The Labute approximate surface area is 712 Å². The predicted molar refractivity (Wildman–Crippen MR) is 507 cm³/mol. The zero-order chi connectivity index (χ0) is 81.1. The van der Waals surface area contributed by atoms with E-state index in [1.54, 1.807) is 0 Å². The third-order valence-corrected chi connectivity index (χ3v) is 22.5. The summed E-state index contributed by atoms with van der Waals surface area (Å²) in [5.41, 5.74) is 38.2. The molecule has 0 unspecified atom stereocenters. The molecule has 2 aromatic heterocycles. The van der Waals surface area contributed by atoms with Gasteiger partial charge in [-0.05, 0) is 229 Å². The number of hydrogen-bond donors (Lipinski definition) is 0. The molecule has 0 radical (unpaired) electrons. The van der Waals surface area contributed by atoms with Crippen LogP contribution in [-0.2, 0) is 0 Å². The first-order valence-corrected chi connectivity index (χ1v) is 41.3. The van der Waals surface area contributed by atoms with Crippen molar-refractivity contribution >= 4 is 11.6 Å². The third-order valence-electron chi connectivity index (χ3n) is 22.4. The molecule has 18 aromatic carbocycles. The molecule has 20 rings (SSSR count). The summed E-state index contributed by atoms with van der Waals surface area (Å²) in [5, 5.41) is 0.209. The highest BCUT2D eigenvalue weighted by Crippen LogP contribution is 2.45. The summed E-state index contributed by atoms with van der Waals surface area (Å²) in [5.74, 6) is 0.676. The first kappa shape index (κ1) is 75.5. The van der Waals surface area contributed by atoms with Crippen LogP contribution in [0.2, 0.25) is 5.28 Å². The minimum Gasteiger partial charge on any atom is -0.228 e. The summed E-state index contributed by atoms with van der Waals surface area (Å²) in [6, 6.07) is 170. The van der Waals surface area contributed by atoms with Crippen LogP contribution in [0.3, 0.4) is 0 Å². The molecule has 0 bridgehead atoms. The Morgan fingerprint density at radius 2 is 0.298 bits per heavy atom. The third kappa shape index (κ3) is 16.9. The van der Waals surface area contributed by atoms with Gasteiger partial charge in [-0.2, -0.15) is 0 Å². The topological polar surface area (TPSA) is 51.6 Å². The van der Waals surface area contributed by atoms with Crippen LogP contribution in [0.25, 0.3) is 201 Å². The van der Waals surface area contributed by atoms with Crippen molar-refractivity contribution in [1.29, 1.82) is 0 Å². The lowest BCUT2D eigenvalue weighted by atomic mass is 9.88. The molecule has 0 saturated carbocycles. The first-order valence-electron chi connectivity index (χ1n) is 40.9. The van der Waals surface area contributed by atoms with Crippen LogP contribution in [-0.4, -0.2) is 19.9 Å². The van der Waals surface area contributed by atoms with Crippen molar-refractivity contribution in [2.75, 3.05) is 0 Å². The lowest BCUT2D eigenvalue weighted by Crippen LogP contribution is -1.97. The van der Waals surface area contributed by atoms with Crippen LogP contribution in [0.1, 0.15) is 0 Å². The van der Waals surface area contributed by atoms with Crippen molar-refractivity contribution in [3.05, 3.63) is 485 Å². The number of nitrogens with zero attached hydrogens (tertiary/aromatic N) is 4.